The van der Waals surface area contributed by atoms with Crippen molar-refractivity contribution in [3.05, 3.63) is 36.9 Å². The molecule has 1 saturated carbocycles. The SMILES string of the molecule is CC(C(=O)Nc1ccc(NC(=O)C2(C#N)CCCC2)cc1)n1cncn1. The summed E-state index contributed by atoms with van der Waals surface area (Å²) in [5, 5.41) is 18.9. The molecule has 1 aromatic carbocycles. The molecule has 1 aromatic heterocycles. The first-order chi connectivity index (χ1) is 12.5. The summed E-state index contributed by atoms with van der Waals surface area (Å²) >= 11 is 0. The van der Waals surface area contributed by atoms with E-state index < -0.39 is 11.5 Å². The van der Waals surface area contributed by atoms with E-state index in [0.717, 1.165) is 12.8 Å². The number of hydrogen-bond donors (Lipinski definition) is 2. The molecule has 1 atom stereocenters. The zero-order chi connectivity index (χ0) is 18.6. The number of nitrogens with zero attached hydrogens (tertiary/aromatic N) is 4. The van der Waals surface area contributed by atoms with Gasteiger partial charge in [-0.15, -0.1) is 0 Å². The topological polar surface area (TPSA) is 113 Å². The van der Waals surface area contributed by atoms with Gasteiger partial charge in [-0.05, 0) is 44.0 Å². The van der Waals surface area contributed by atoms with Crippen LogP contribution in [-0.4, -0.2) is 26.6 Å². The molecule has 1 aliphatic carbocycles. The van der Waals surface area contributed by atoms with Crippen LogP contribution in [0.4, 0.5) is 11.4 Å². The molecule has 2 amide bonds. The number of anilines is 2. The maximum Gasteiger partial charge on any atom is 0.249 e. The van der Waals surface area contributed by atoms with Gasteiger partial charge in [0.1, 0.15) is 24.1 Å². The van der Waals surface area contributed by atoms with Gasteiger partial charge in [0.05, 0.1) is 6.07 Å². The Balaban J connectivity index is 1.61. The maximum absolute atomic E-state index is 12.4. The van der Waals surface area contributed by atoms with Gasteiger partial charge >= 0.3 is 0 Å². The fourth-order valence-electron chi connectivity index (χ4n) is 3.04. The lowest BCUT2D eigenvalue weighted by Gasteiger charge is -2.19. The smallest absolute Gasteiger partial charge is 0.249 e. The third kappa shape index (κ3) is 3.57. The Morgan fingerprint density at radius 2 is 1.81 bits per heavy atom. The highest BCUT2D eigenvalue weighted by Crippen LogP contribution is 2.38. The summed E-state index contributed by atoms with van der Waals surface area (Å²) in [5.41, 5.74) is 0.287. The van der Waals surface area contributed by atoms with Gasteiger partial charge in [0.25, 0.3) is 0 Å². The first kappa shape index (κ1) is 17.6. The van der Waals surface area contributed by atoms with Crippen molar-refractivity contribution in [3.8, 4) is 6.07 Å². The molecule has 1 unspecified atom stereocenters. The number of hydrogen-bond acceptors (Lipinski definition) is 5. The molecule has 1 fully saturated rings. The normalized spacial score (nSPS) is 16.5. The van der Waals surface area contributed by atoms with Crippen LogP contribution in [0.25, 0.3) is 0 Å². The fraction of sp³-hybridized carbons (Fsp3) is 0.389. The van der Waals surface area contributed by atoms with Gasteiger partial charge in [-0.2, -0.15) is 10.4 Å². The van der Waals surface area contributed by atoms with Crippen molar-refractivity contribution in [3.63, 3.8) is 0 Å². The van der Waals surface area contributed by atoms with E-state index in [1.165, 1.54) is 17.3 Å². The Hall–Kier alpha value is -3.21. The van der Waals surface area contributed by atoms with E-state index in [2.05, 4.69) is 26.8 Å². The predicted molar refractivity (Wildman–Crippen MR) is 94.9 cm³/mol. The minimum atomic E-state index is -0.917. The Labute approximate surface area is 151 Å². The van der Waals surface area contributed by atoms with Crippen LogP contribution in [0.5, 0.6) is 0 Å². The Bertz CT molecular complexity index is 816. The van der Waals surface area contributed by atoms with E-state index in [0.29, 0.717) is 24.2 Å². The van der Waals surface area contributed by atoms with Crippen LogP contribution in [0.1, 0.15) is 38.6 Å². The van der Waals surface area contributed by atoms with Gasteiger partial charge in [-0.25, -0.2) is 9.67 Å². The Kier molecular flexibility index (Phi) is 4.98. The fourth-order valence-corrected chi connectivity index (χ4v) is 3.04. The van der Waals surface area contributed by atoms with Crippen LogP contribution in [0.2, 0.25) is 0 Å². The molecule has 0 bridgehead atoms. The minimum absolute atomic E-state index is 0.221. The number of rotatable bonds is 5. The van der Waals surface area contributed by atoms with Gasteiger partial charge in [0.2, 0.25) is 11.8 Å². The van der Waals surface area contributed by atoms with Crippen molar-refractivity contribution >= 4 is 23.2 Å². The van der Waals surface area contributed by atoms with Crippen molar-refractivity contribution in [1.29, 1.82) is 5.26 Å². The summed E-state index contributed by atoms with van der Waals surface area (Å²) < 4.78 is 1.47. The molecule has 0 aliphatic heterocycles. The molecule has 3 rings (SSSR count). The van der Waals surface area contributed by atoms with E-state index >= 15 is 0 Å². The lowest BCUT2D eigenvalue weighted by Crippen LogP contribution is -2.32. The molecule has 0 spiro atoms. The summed E-state index contributed by atoms with van der Waals surface area (Å²) in [6.07, 6.45) is 5.86. The van der Waals surface area contributed by atoms with Crippen LogP contribution in [0.15, 0.2) is 36.9 Å². The molecular formula is C18H20N6O2. The van der Waals surface area contributed by atoms with Crippen molar-refractivity contribution in [2.75, 3.05) is 10.6 Å². The van der Waals surface area contributed by atoms with E-state index in [-0.39, 0.29) is 11.8 Å². The van der Waals surface area contributed by atoms with E-state index in [1.807, 2.05) is 0 Å². The standard InChI is InChI=1S/C18H20N6O2/c1-13(24-12-20-11-21-24)16(25)22-14-4-6-15(7-5-14)23-17(26)18(10-19)8-2-3-9-18/h4-7,11-13H,2-3,8-9H2,1H3,(H,22,25)(H,23,26). The molecule has 8 nitrogen and oxygen atoms in total. The molecule has 26 heavy (non-hydrogen) atoms. The van der Waals surface area contributed by atoms with E-state index in [9.17, 15) is 14.9 Å². The predicted octanol–water partition coefficient (Wildman–Crippen LogP) is 2.50. The lowest BCUT2D eigenvalue weighted by molar-refractivity contribution is -0.122. The molecule has 0 radical (unpaired) electrons. The molecule has 8 heteroatoms. The van der Waals surface area contributed by atoms with Crippen molar-refractivity contribution in [1.82, 2.24) is 14.8 Å². The average Bonchev–Trinajstić information content (AvgIpc) is 3.35. The second-order valence-corrected chi connectivity index (χ2v) is 6.47. The number of benzene rings is 1. The van der Waals surface area contributed by atoms with Gasteiger partial charge in [-0.3, -0.25) is 9.59 Å². The van der Waals surface area contributed by atoms with Gasteiger partial charge in [0.15, 0.2) is 0 Å². The number of nitrogens with one attached hydrogen (secondary N) is 2. The summed E-state index contributed by atoms with van der Waals surface area (Å²) in [7, 11) is 0. The Morgan fingerprint density at radius 1 is 1.19 bits per heavy atom. The maximum atomic E-state index is 12.4. The van der Waals surface area contributed by atoms with Crippen LogP contribution in [0.3, 0.4) is 0 Å². The number of carbonyl (C=O) groups is 2. The average molecular weight is 352 g/mol. The first-order valence-corrected chi connectivity index (χ1v) is 8.52. The van der Waals surface area contributed by atoms with Crippen molar-refractivity contribution in [2.24, 2.45) is 5.41 Å². The highest BCUT2D eigenvalue weighted by molar-refractivity contribution is 5.98. The Morgan fingerprint density at radius 3 is 2.35 bits per heavy atom. The number of aromatic nitrogens is 3. The van der Waals surface area contributed by atoms with E-state index in [1.54, 1.807) is 31.2 Å². The molecule has 0 saturated heterocycles. The van der Waals surface area contributed by atoms with Crippen LogP contribution in [-0.2, 0) is 9.59 Å². The first-order valence-electron chi connectivity index (χ1n) is 8.52. The number of carbonyl (C=O) groups excluding carboxylic acids is 2. The largest absolute Gasteiger partial charge is 0.325 e. The van der Waals surface area contributed by atoms with Gasteiger partial charge < -0.3 is 10.6 Å². The number of amides is 2. The molecule has 134 valence electrons. The molecule has 2 N–H and O–H groups in total. The zero-order valence-corrected chi connectivity index (χ0v) is 14.5. The summed E-state index contributed by atoms with van der Waals surface area (Å²) in [5.74, 6) is -0.476. The molecular weight excluding hydrogens is 332 g/mol. The third-order valence-corrected chi connectivity index (χ3v) is 4.73. The molecule has 1 aliphatic rings. The van der Waals surface area contributed by atoms with Crippen LogP contribution in [0, 0.1) is 16.7 Å². The zero-order valence-electron chi connectivity index (χ0n) is 14.5. The summed E-state index contributed by atoms with van der Waals surface area (Å²) in [4.78, 5) is 28.5. The summed E-state index contributed by atoms with van der Waals surface area (Å²) in [6, 6.07) is 8.50. The number of nitriles is 1. The molecule has 1 heterocycles. The third-order valence-electron chi connectivity index (χ3n) is 4.73. The van der Waals surface area contributed by atoms with Crippen molar-refractivity contribution in [2.45, 2.75) is 38.6 Å². The monoisotopic (exact) mass is 352 g/mol. The highest BCUT2D eigenvalue weighted by atomic mass is 16.2. The van der Waals surface area contributed by atoms with Crippen LogP contribution >= 0.6 is 0 Å². The second kappa shape index (κ2) is 7.35. The highest BCUT2D eigenvalue weighted by Gasteiger charge is 2.41. The van der Waals surface area contributed by atoms with E-state index in [4.69, 9.17) is 0 Å². The van der Waals surface area contributed by atoms with Crippen LogP contribution < -0.4 is 10.6 Å². The lowest BCUT2D eigenvalue weighted by atomic mass is 9.87. The van der Waals surface area contributed by atoms with Crippen molar-refractivity contribution < 1.29 is 9.59 Å². The van der Waals surface area contributed by atoms with Gasteiger partial charge in [-0.1, -0.05) is 12.8 Å². The molecule has 2 aromatic rings. The summed E-state index contributed by atoms with van der Waals surface area (Å²) in [6.45, 7) is 1.72. The minimum Gasteiger partial charge on any atom is -0.325 e. The van der Waals surface area contributed by atoms with Gasteiger partial charge in [0, 0.05) is 11.4 Å². The second-order valence-electron chi connectivity index (χ2n) is 6.47. The quantitative estimate of drug-likeness (QED) is 0.858.